The average molecular weight is 210 g/mol. The molecule has 0 aliphatic heterocycles. The highest BCUT2D eigenvalue weighted by Crippen LogP contribution is 2.21. The zero-order chi connectivity index (χ0) is 11.4. The molecule has 0 aliphatic carbocycles. The number of carbonyl (C=O) groups excluding carboxylic acids is 1. The van der Waals surface area contributed by atoms with Crippen molar-refractivity contribution in [3.8, 4) is 0 Å². The highest BCUT2D eigenvalue weighted by molar-refractivity contribution is 5.89. The Hall–Kier alpha value is -1.95. The number of amides is 1. The summed E-state index contributed by atoms with van der Waals surface area (Å²) >= 11 is 0. The summed E-state index contributed by atoms with van der Waals surface area (Å²) in [6, 6.07) is 3.89. The number of non-ortho nitro benzene ring substituents is 1. The Kier molecular flexibility index (Phi) is 3.35. The largest absolute Gasteiger partial charge is 0.392 e. The van der Waals surface area contributed by atoms with Crippen molar-refractivity contribution in [3.63, 3.8) is 0 Å². The van der Waals surface area contributed by atoms with E-state index in [0.29, 0.717) is 11.3 Å². The van der Waals surface area contributed by atoms with E-state index in [4.69, 9.17) is 5.11 Å². The predicted octanol–water partition coefficient (Wildman–Crippen LogP) is 1.05. The van der Waals surface area contributed by atoms with E-state index in [-0.39, 0.29) is 18.2 Å². The van der Waals surface area contributed by atoms with Crippen molar-refractivity contribution in [3.05, 3.63) is 33.9 Å². The van der Waals surface area contributed by atoms with Gasteiger partial charge in [0.1, 0.15) is 0 Å². The van der Waals surface area contributed by atoms with Crippen LogP contribution in [0.25, 0.3) is 0 Å². The van der Waals surface area contributed by atoms with E-state index in [2.05, 4.69) is 5.32 Å². The van der Waals surface area contributed by atoms with Crippen molar-refractivity contribution in [2.75, 3.05) is 5.32 Å². The first-order valence-electron chi connectivity index (χ1n) is 4.20. The highest BCUT2D eigenvalue weighted by atomic mass is 16.6. The number of rotatable bonds is 3. The van der Waals surface area contributed by atoms with Crippen molar-refractivity contribution in [2.45, 2.75) is 13.5 Å². The molecule has 0 unspecified atom stereocenters. The molecular weight excluding hydrogens is 200 g/mol. The van der Waals surface area contributed by atoms with Crippen molar-refractivity contribution in [2.24, 2.45) is 0 Å². The summed E-state index contributed by atoms with van der Waals surface area (Å²) in [6.45, 7) is 0.958. The van der Waals surface area contributed by atoms with Crippen molar-refractivity contribution < 1.29 is 14.8 Å². The van der Waals surface area contributed by atoms with Gasteiger partial charge in [-0.1, -0.05) is 0 Å². The van der Waals surface area contributed by atoms with Gasteiger partial charge in [0.25, 0.3) is 5.69 Å². The summed E-state index contributed by atoms with van der Waals surface area (Å²) in [5, 5.41) is 21.9. The van der Waals surface area contributed by atoms with Crippen LogP contribution in [-0.4, -0.2) is 15.9 Å². The van der Waals surface area contributed by atoms with Gasteiger partial charge in [-0.25, -0.2) is 0 Å². The number of benzene rings is 1. The van der Waals surface area contributed by atoms with Gasteiger partial charge in [-0.3, -0.25) is 14.9 Å². The van der Waals surface area contributed by atoms with Crippen LogP contribution in [0.1, 0.15) is 12.5 Å². The van der Waals surface area contributed by atoms with Gasteiger partial charge in [-0.15, -0.1) is 0 Å². The molecule has 0 aliphatic rings. The van der Waals surface area contributed by atoms with Crippen LogP contribution in [0.15, 0.2) is 18.2 Å². The fourth-order valence-corrected chi connectivity index (χ4v) is 1.14. The smallest absolute Gasteiger partial charge is 0.269 e. The van der Waals surface area contributed by atoms with Gasteiger partial charge in [0.05, 0.1) is 11.5 Å². The first-order valence-corrected chi connectivity index (χ1v) is 4.20. The Morgan fingerprint density at radius 3 is 2.73 bits per heavy atom. The second kappa shape index (κ2) is 4.52. The Balaban J connectivity index is 3.08. The molecule has 0 radical (unpaired) electrons. The first kappa shape index (κ1) is 11.1. The average Bonchev–Trinajstić information content (AvgIpc) is 2.17. The SMILES string of the molecule is CC(=O)Nc1ccc([N+](=O)[O-])cc1CO. The van der Waals surface area contributed by atoms with E-state index in [0.717, 1.165) is 0 Å². The summed E-state index contributed by atoms with van der Waals surface area (Å²) in [6.07, 6.45) is 0. The lowest BCUT2D eigenvalue weighted by atomic mass is 10.1. The molecule has 15 heavy (non-hydrogen) atoms. The van der Waals surface area contributed by atoms with Gasteiger partial charge < -0.3 is 10.4 Å². The molecule has 0 atom stereocenters. The molecule has 80 valence electrons. The normalized spacial score (nSPS) is 9.73. The molecule has 6 nitrogen and oxygen atoms in total. The van der Waals surface area contributed by atoms with E-state index in [1.807, 2.05) is 0 Å². The number of nitrogens with one attached hydrogen (secondary N) is 1. The molecule has 6 heteroatoms. The molecule has 0 heterocycles. The Morgan fingerprint density at radius 1 is 1.60 bits per heavy atom. The zero-order valence-electron chi connectivity index (χ0n) is 8.06. The van der Waals surface area contributed by atoms with Gasteiger partial charge in [0.2, 0.25) is 5.91 Å². The number of hydrogen-bond donors (Lipinski definition) is 2. The van der Waals surface area contributed by atoms with Crippen molar-refractivity contribution >= 4 is 17.3 Å². The maximum absolute atomic E-state index is 10.8. The number of carbonyl (C=O) groups is 1. The molecule has 1 amide bonds. The van der Waals surface area contributed by atoms with Gasteiger partial charge in [-0.05, 0) is 6.07 Å². The molecule has 0 bridgehead atoms. The Morgan fingerprint density at radius 2 is 2.27 bits per heavy atom. The molecule has 1 aromatic carbocycles. The third-order valence-corrected chi connectivity index (χ3v) is 1.78. The van der Waals surface area contributed by atoms with Crippen LogP contribution >= 0.6 is 0 Å². The lowest BCUT2D eigenvalue weighted by Gasteiger charge is -2.06. The van der Waals surface area contributed by atoms with Crippen LogP contribution in [0, 0.1) is 10.1 Å². The number of hydrogen-bond acceptors (Lipinski definition) is 4. The second-order valence-corrected chi connectivity index (χ2v) is 2.94. The second-order valence-electron chi connectivity index (χ2n) is 2.94. The maximum Gasteiger partial charge on any atom is 0.269 e. The molecule has 0 saturated carbocycles. The fraction of sp³-hybridized carbons (Fsp3) is 0.222. The van der Waals surface area contributed by atoms with E-state index >= 15 is 0 Å². The van der Waals surface area contributed by atoms with Crippen LogP contribution < -0.4 is 5.32 Å². The molecule has 0 fully saturated rings. The lowest BCUT2D eigenvalue weighted by molar-refractivity contribution is -0.384. The standard InChI is InChI=1S/C9H10N2O4/c1-6(13)10-9-3-2-8(11(14)15)4-7(9)5-12/h2-4,12H,5H2,1H3,(H,10,13). The van der Waals surface area contributed by atoms with Crippen LogP contribution in [-0.2, 0) is 11.4 Å². The first-order chi connectivity index (χ1) is 7.04. The Bertz CT molecular complexity index is 403. The van der Waals surface area contributed by atoms with E-state index in [9.17, 15) is 14.9 Å². The van der Waals surface area contributed by atoms with Gasteiger partial charge in [-0.2, -0.15) is 0 Å². The molecule has 2 N–H and O–H groups in total. The van der Waals surface area contributed by atoms with Gasteiger partial charge >= 0.3 is 0 Å². The third-order valence-electron chi connectivity index (χ3n) is 1.78. The van der Waals surface area contributed by atoms with Crippen LogP contribution in [0.4, 0.5) is 11.4 Å². The molecule has 0 saturated heterocycles. The Labute approximate surface area is 85.7 Å². The number of aliphatic hydroxyl groups excluding tert-OH is 1. The number of aliphatic hydroxyl groups is 1. The van der Waals surface area contributed by atoms with Crippen LogP contribution in [0.2, 0.25) is 0 Å². The summed E-state index contributed by atoms with van der Waals surface area (Å²) in [5.41, 5.74) is 0.586. The molecule has 1 rings (SSSR count). The molecule has 0 spiro atoms. The highest BCUT2D eigenvalue weighted by Gasteiger charge is 2.10. The van der Waals surface area contributed by atoms with Crippen LogP contribution in [0.3, 0.4) is 0 Å². The van der Waals surface area contributed by atoms with Gasteiger partial charge in [0, 0.05) is 30.3 Å². The maximum atomic E-state index is 10.8. The zero-order valence-corrected chi connectivity index (χ0v) is 8.06. The van der Waals surface area contributed by atoms with Gasteiger partial charge in [0.15, 0.2) is 0 Å². The quantitative estimate of drug-likeness (QED) is 0.576. The molecule has 0 aromatic heterocycles. The van der Waals surface area contributed by atoms with Crippen molar-refractivity contribution in [1.82, 2.24) is 0 Å². The molecular formula is C9H10N2O4. The van der Waals surface area contributed by atoms with E-state index in [1.54, 1.807) is 0 Å². The monoisotopic (exact) mass is 210 g/mol. The number of nitro groups is 1. The topological polar surface area (TPSA) is 92.5 Å². The van der Waals surface area contributed by atoms with Crippen molar-refractivity contribution in [1.29, 1.82) is 0 Å². The minimum Gasteiger partial charge on any atom is -0.392 e. The number of nitro benzene ring substituents is 1. The summed E-state index contributed by atoms with van der Waals surface area (Å²) < 4.78 is 0. The minimum absolute atomic E-state index is 0.117. The number of anilines is 1. The minimum atomic E-state index is -0.559. The van der Waals surface area contributed by atoms with E-state index < -0.39 is 4.92 Å². The predicted molar refractivity (Wildman–Crippen MR) is 53.3 cm³/mol. The fourth-order valence-electron chi connectivity index (χ4n) is 1.14. The summed E-state index contributed by atoms with van der Waals surface area (Å²) in [7, 11) is 0. The lowest BCUT2D eigenvalue weighted by Crippen LogP contribution is -2.08. The number of nitrogens with zero attached hydrogens (tertiary/aromatic N) is 1. The summed E-state index contributed by atoms with van der Waals surface area (Å²) in [4.78, 5) is 20.7. The molecule has 1 aromatic rings. The summed E-state index contributed by atoms with van der Waals surface area (Å²) in [5.74, 6) is -0.293. The van der Waals surface area contributed by atoms with Crippen LogP contribution in [0.5, 0.6) is 0 Å². The third kappa shape index (κ3) is 2.75. The van der Waals surface area contributed by atoms with E-state index in [1.165, 1.54) is 25.1 Å².